The molecule has 0 aromatic carbocycles. The first-order valence-electron chi connectivity index (χ1n) is 10.5. The number of nitrogens with one attached hydrogen (secondary N) is 2. The Kier molecular flexibility index (Phi) is 6.63. The van der Waals surface area contributed by atoms with Crippen LogP contribution in [0.4, 0.5) is 11.9 Å². The smallest absolute Gasteiger partial charge is 0.229 e. The minimum absolute atomic E-state index is 0.225. The number of fused-ring (bicyclic) bond motifs is 1. The molecule has 4 heterocycles. The third-order valence-electron chi connectivity index (χ3n) is 5.16. The van der Waals surface area contributed by atoms with Crippen molar-refractivity contribution in [2.45, 2.75) is 45.4 Å². The molecule has 4 aromatic heterocycles. The van der Waals surface area contributed by atoms with Crippen molar-refractivity contribution in [1.29, 1.82) is 0 Å². The summed E-state index contributed by atoms with van der Waals surface area (Å²) in [4.78, 5) is 14.8. The van der Waals surface area contributed by atoms with Crippen LogP contribution >= 0.6 is 11.3 Å². The van der Waals surface area contributed by atoms with Crippen molar-refractivity contribution in [3.63, 3.8) is 0 Å². The lowest BCUT2D eigenvalue weighted by atomic mass is 10.1. The third kappa shape index (κ3) is 4.72. The number of thiophene rings is 1. The number of anilines is 2. The summed E-state index contributed by atoms with van der Waals surface area (Å²) >= 11 is 1.66. The molecule has 1 unspecified atom stereocenters. The van der Waals surface area contributed by atoms with Gasteiger partial charge in [0.2, 0.25) is 11.9 Å². The first-order valence-corrected chi connectivity index (χ1v) is 11.4. The average Bonchev–Trinajstić information content (AvgIpc) is 3.46. The molecule has 0 saturated carbocycles. The van der Waals surface area contributed by atoms with Gasteiger partial charge in [0.05, 0.1) is 35.5 Å². The molecule has 0 amide bonds. The largest absolute Gasteiger partial charge is 0.394 e. The highest BCUT2D eigenvalue weighted by atomic mass is 32.1. The van der Waals surface area contributed by atoms with Gasteiger partial charge in [-0.25, -0.2) is 0 Å². The number of pyridine rings is 1. The van der Waals surface area contributed by atoms with Crippen molar-refractivity contribution in [3.05, 3.63) is 53.2 Å². The van der Waals surface area contributed by atoms with E-state index >= 15 is 0 Å². The highest BCUT2D eigenvalue weighted by Crippen LogP contribution is 2.24. The highest BCUT2D eigenvalue weighted by molar-refractivity contribution is 7.13. The fourth-order valence-electron chi connectivity index (χ4n) is 3.25. The van der Waals surface area contributed by atoms with Crippen molar-refractivity contribution in [2.75, 3.05) is 17.2 Å². The Morgan fingerprint density at radius 1 is 1.12 bits per heavy atom. The molecule has 32 heavy (non-hydrogen) atoms. The Morgan fingerprint density at radius 3 is 2.59 bits per heavy atom. The molecule has 4 N–H and O–H groups in total. The first-order chi connectivity index (χ1) is 15.5. The van der Waals surface area contributed by atoms with Crippen molar-refractivity contribution >= 4 is 28.9 Å². The number of rotatable bonds is 9. The molecule has 0 aliphatic carbocycles. The van der Waals surface area contributed by atoms with E-state index in [1.807, 2.05) is 35.8 Å². The van der Waals surface area contributed by atoms with Crippen LogP contribution in [0, 0.1) is 0 Å². The van der Waals surface area contributed by atoms with E-state index in [0.717, 1.165) is 21.7 Å². The Hall–Kier alpha value is -3.08. The van der Waals surface area contributed by atoms with E-state index in [0.29, 0.717) is 24.1 Å². The normalized spacial score (nSPS) is 13.4. The Bertz CT molecular complexity index is 1160. The van der Waals surface area contributed by atoms with Gasteiger partial charge in [0.15, 0.2) is 5.65 Å². The summed E-state index contributed by atoms with van der Waals surface area (Å²) in [6.07, 6.45) is 2.87. The summed E-state index contributed by atoms with van der Waals surface area (Å²) in [5.74, 6) is 1.05. The van der Waals surface area contributed by atoms with Gasteiger partial charge in [-0.1, -0.05) is 26.0 Å². The number of nitrogens with zero attached hydrogens (tertiary/aromatic N) is 5. The van der Waals surface area contributed by atoms with Crippen LogP contribution < -0.4 is 10.6 Å². The molecule has 0 aliphatic rings. The Balaban J connectivity index is 1.60. The van der Waals surface area contributed by atoms with Gasteiger partial charge in [-0.2, -0.15) is 19.6 Å². The summed E-state index contributed by atoms with van der Waals surface area (Å²) in [6.45, 7) is 6.02. The Labute approximate surface area is 190 Å². The lowest BCUT2D eigenvalue weighted by molar-refractivity contribution is 0.132. The predicted octanol–water partition coefficient (Wildman–Crippen LogP) is 3.14. The van der Waals surface area contributed by atoms with Gasteiger partial charge in [0.1, 0.15) is 0 Å². The molecule has 0 bridgehead atoms. The van der Waals surface area contributed by atoms with Gasteiger partial charge < -0.3 is 20.8 Å². The number of hydrogen-bond donors (Lipinski definition) is 4. The van der Waals surface area contributed by atoms with Crippen LogP contribution in [0.15, 0.2) is 42.0 Å². The van der Waals surface area contributed by atoms with Crippen LogP contribution in [0.1, 0.15) is 37.8 Å². The molecule has 0 aliphatic heterocycles. The van der Waals surface area contributed by atoms with Gasteiger partial charge in [0.25, 0.3) is 0 Å². The second-order valence-electron chi connectivity index (χ2n) is 7.92. The maximum Gasteiger partial charge on any atom is 0.229 e. The summed E-state index contributed by atoms with van der Waals surface area (Å²) in [5, 5.41) is 32.3. The molecule has 4 aromatic rings. The van der Waals surface area contributed by atoms with Crippen molar-refractivity contribution < 1.29 is 10.2 Å². The van der Waals surface area contributed by atoms with Gasteiger partial charge in [-0.15, -0.1) is 11.3 Å². The zero-order chi connectivity index (χ0) is 22.7. The molecule has 9 nitrogen and oxygen atoms in total. The molecule has 10 heteroatoms. The van der Waals surface area contributed by atoms with E-state index in [9.17, 15) is 10.2 Å². The van der Waals surface area contributed by atoms with Crippen LogP contribution in [-0.2, 0) is 6.54 Å². The maximum atomic E-state index is 9.88. The first kappa shape index (κ1) is 22.1. The summed E-state index contributed by atoms with van der Waals surface area (Å²) in [5.41, 5.74) is 3.60. The molecule has 168 valence electrons. The predicted molar refractivity (Wildman–Crippen MR) is 126 cm³/mol. The van der Waals surface area contributed by atoms with Crippen LogP contribution in [0.2, 0.25) is 0 Å². The monoisotopic (exact) mass is 453 g/mol. The van der Waals surface area contributed by atoms with Crippen LogP contribution in [0.3, 0.4) is 0 Å². The molecule has 0 radical (unpaired) electrons. The van der Waals surface area contributed by atoms with Crippen LogP contribution in [0.25, 0.3) is 16.2 Å². The van der Waals surface area contributed by atoms with Gasteiger partial charge in [-0.05, 0) is 35.9 Å². The Morgan fingerprint density at radius 2 is 1.97 bits per heavy atom. The number of hydrogen-bond acceptors (Lipinski definition) is 9. The summed E-state index contributed by atoms with van der Waals surface area (Å²) < 4.78 is 1.67. The lowest BCUT2D eigenvalue weighted by Gasteiger charge is -2.19. The van der Waals surface area contributed by atoms with E-state index < -0.39 is 12.1 Å². The van der Waals surface area contributed by atoms with E-state index in [2.05, 4.69) is 44.5 Å². The fraction of sp³-hybridized carbons (Fsp3) is 0.364. The molecular weight excluding hydrogens is 426 g/mol. The van der Waals surface area contributed by atoms with E-state index in [1.165, 1.54) is 0 Å². The average molecular weight is 454 g/mol. The van der Waals surface area contributed by atoms with E-state index in [1.54, 1.807) is 29.0 Å². The van der Waals surface area contributed by atoms with Gasteiger partial charge in [0, 0.05) is 18.3 Å². The van der Waals surface area contributed by atoms with Gasteiger partial charge in [-0.3, -0.25) is 4.98 Å². The zero-order valence-electron chi connectivity index (χ0n) is 18.2. The van der Waals surface area contributed by atoms with Crippen molar-refractivity contribution in [1.82, 2.24) is 24.6 Å². The molecule has 0 fully saturated rings. The molecule has 4 rings (SSSR count). The molecule has 2 atom stereocenters. The second kappa shape index (κ2) is 9.60. The number of aliphatic hydroxyl groups excluding tert-OH is 2. The van der Waals surface area contributed by atoms with E-state index in [-0.39, 0.29) is 12.5 Å². The fourth-order valence-corrected chi connectivity index (χ4v) is 3.95. The number of aromatic nitrogens is 5. The zero-order valence-corrected chi connectivity index (χ0v) is 19.0. The molecular formula is C22H27N7O2S. The van der Waals surface area contributed by atoms with Crippen molar-refractivity contribution in [3.8, 4) is 10.6 Å². The summed E-state index contributed by atoms with van der Waals surface area (Å²) in [6, 6.07) is 7.52. The lowest BCUT2D eigenvalue weighted by Crippen LogP contribution is -2.35. The molecule has 0 saturated heterocycles. The SMILES string of the molecule is CC(C)c1cnn2c(NCc3ccc(-c4cccs4)nc3)nc(N[C@@H](CO)C(C)O)nc12. The minimum atomic E-state index is -0.765. The van der Waals surface area contributed by atoms with Crippen LogP contribution in [-0.4, -0.2) is 53.5 Å². The number of aliphatic hydroxyl groups is 2. The standard InChI is InChI=1S/C22H27N7O2S/c1-13(2)16-11-25-29-20(16)27-21(26-18(12-30)14(3)31)28-22(29)24-10-15-6-7-17(23-9-15)19-5-4-8-32-19/h4-9,11,13-14,18,30-31H,10,12H2,1-3H3,(H2,24,26,27,28)/t14?,18-/m0/s1. The summed E-state index contributed by atoms with van der Waals surface area (Å²) in [7, 11) is 0. The van der Waals surface area contributed by atoms with Gasteiger partial charge >= 0.3 is 0 Å². The highest BCUT2D eigenvalue weighted by Gasteiger charge is 2.19. The minimum Gasteiger partial charge on any atom is -0.394 e. The van der Waals surface area contributed by atoms with Crippen molar-refractivity contribution in [2.24, 2.45) is 0 Å². The topological polar surface area (TPSA) is 120 Å². The second-order valence-corrected chi connectivity index (χ2v) is 8.87. The van der Waals surface area contributed by atoms with Crippen LogP contribution in [0.5, 0.6) is 0 Å². The quantitative estimate of drug-likeness (QED) is 0.305. The van der Waals surface area contributed by atoms with E-state index in [4.69, 9.17) is 0 Å². The molecule has 0 spiro atoms. The third-order valence-corrected chi connectivity index (χ3v) is 6.05. The maximum absolute atomic E-state index is 9.88.